The molecule has 0 spiro atoms. The van der Waals surface area contributed by atoms with Gasteiger partial charge in [-0.1, -0.05) is 20.3 Å². The van der Waals surface area contributed by atoms with Gasteiger partial charge in [-0.05, 0) is 31.1 Å². The van der Waals surface area contributed by atoms with E-state index >= 15 is 0 Å². The monoisotopic (exact) mass is 241 g/mol. The normalized spacial score (nSPS) is 34.2. The topological polar surface area (TPSA) is 30.5 Å². The largest absolute Gasteiger partial charge is 0.376 e. The van der Waals surface area contributed by atoms with Crippen molar-refractivity contribution in [3.63, 3.8) is 0 Å². The second-order valence-corrected chi connectivity index (χ2v) is 6.27. The van der Waals surface area contributed by atoms with E-state index < -0.39 is 0 Å². The van der Waals surface area contributed by atoms with E-state index in [-0.39, 0.29) is 6.10 Å². The molecule has 0 aromatic heterocycles. The van der Waals surface area contributed by atoms with Gasteiger partial charge in [0.15, 0.2) is 0 Å². The van der Waals surface area contributed by atoms with Crippen LogP contribution in [0.25, 0.3) is 0 Å². The highest BCUT2D eigenvalue weighted by atomic mass is 16.6. The van der Waals surface area contributed by atoms with Crippen molar-refractivity contribution in [3.8, 4) is 0 Å². The maximum Gasteiger partial charge on any atom is 0.0933 e. The van der Waals surface area contributed by atoms with Gasteiger partial charge in [-0.2, -0.15) is 0 Å². The molecule has 0 aromatic carbocycles. The number of hydrogen-bond acceptors (Lipinski definition) is 3. The van der Waals surface area contributed by atoms with E-state index in [1.807, 2.05) is 0 Å². The van der Waals surface area contributed by atoms with Crippen molar-refractivity contribution < 1.29 is 9.47 Å². The van der Waals surface area contributed by atoms with Crippen LogP contribution in [0, 0.1) is 5.41 Å². The summed E-state index contributed by atoms with van der Waals surface area (Å²) >= 11 is 0. The van der Waals surface area contributed by atoms with Crippen LogP contribution in [0.3, 0.4) is 0 Å². The second-order valence-electron chi connectivity index (χ2n) is 6.27. The molecular formula is C14H27NO2. The Morgan fingerprint density at radius 3 is 2.82 bits per heavy atom. The third-order valence-electron chi connectivity index (χ3n) is 4.09. The van der Waals surface area contributed by atoms with E-state index in [2.05, 4.69) is 19.2 Å². The molecule has 1 saturated heterocycles. The molecule has 0 amide bonds. The molecule has 1 heterocycles. The second kappa shape index (κ2) is 6.17. The minimum Gasteiger partial charge on any atom is -0.376 e. The van der Waals surface area contributed by atoms with Crippen molar-refractivity contribution in [2.24, 2.45) is 5.41 Å². The molecule has 1 aliphatic carbocycles. The van der Waals surface area contributed by atoms with Crippen LogP contribution in [0.4, 0.5) is 0 Å². The predicted molar refractivity (Wildman–Crippen MR) is 69.2 cm³/mol. The van der Waals surface area contributed by atoms with Gasteiger partial charge in [0.25, 0.3) is 0 Å². The summed E-state index contributed by atoms with van der Waals surface area (Å²) in [5.74, 6) is 0. The quantitative estimate of drug-likeness (QED) is 0.769. The molecule has 2 atom stereocenters. The van der Waals surface area contributed by atoms with Gasteiger partial charge in [0, 0.05) is 12.6 Å². The zero-order valence-corrected chi connectivity index (χ0v) is 11.3. The molecule has 0 aromatic rings. The molecule has 2 aliphatic rings. The van der Waals surface area contributed by atoms with Crippen LogP contribution >= 0.6 is 0 Å². The summed E-state index contributed by atoms with van der Waals surface area (Å²) in [6.45, 7) is 8.01. The Kier molecular flexibility index (Phi) is 4.83. The standard InChI is InChI=1S/C14H27NO2/c1-14(2)6-3-4-12(5-7-14)15-10-13-11-16-8-9-17-13/h12-13,15H,3-11H2,1-2H3. The van der Waals surface area contributed by atoms with Gasteiger partial charge in [-0.15, -0.1) is 0 Å². The minimum atomic E-state index is 0.264. The molecule has 0 radical (unpaired) electrons. The first-order chi connectivity index (χ1) is 8.16. The highest BCUT2D eigenvalue weighted by molar-refractivity contribution is 4.80. The van der Waals surface area contributed by atoms with Crippen molar-refractivity contribution in [1.29, 1.82) is 0 Å². The van der Waals surface area contributed by atoms with Crippen LogP contribution in [0.15, 0.2) is 0 Å². The molecule has 0 bridgehead atoms. The van der Waals surface area contributed by atoms with Gasteiger partial charge in [0.2, 0.25) is 0 Å². The average molecular weight is 241 g/mol. The summed E-state index contributed by atoms with van der Waals surface area (Å²) in [7, 11) is 0. The lowest BCUT2D eigenvalue weighted by atomic mass is 9.85. The van der Waals surface area contributed by atoms with E-state index in [0.29, 0.717) is 11.5 Å². The maximum atomic E-state index is 5.65. The van der Waals surface area contributed by atoms with Crippen molar-refractivity contribution in [3.05, 3.63) is 0 Å². The molecule has 1 saturated carbocycles. The van der Waals surface area contributed by atoms with Gasteiger partial charge in [-0.3, -0.25) is 0 Å². The van der Waals surface area contributed by atoms with Gasteiger partial charge >= 0.3 is 0 Å². The molecule has 2 fully saturated rings. The summed E-state index contributed by atoms with van der Waals surface area (Å²) in [6.07, 6.45) is 6.95. The first-order valence-electron chi connectivity index (χ1n) is 7.08. The van der Waals surface area contributed by atoms with Crippen LogP contribution < -0.4 is 5.32 Å². The third kappa shape index (κ3) is 4.57. The fourth-order valence-corrected chi connectivity index (χ4v) is 2.82. The van der Waals surface area contributed by atoms with E-state index in [0.717, 1.165) is 26.4 Å². The molecule has 17 heavy (non-hydrogen) atoms. The number of ether oxygens (including phenoxy) is 2. The number of nitrogens with one attached hydrogen (secondary N) is 1. The fourth-order valence-electron chi connectivity index (χ4n) is 2.82. The maximum absolute atomic E-state index is 5.65. The van der Waals surface area contributed by atoms with Gasteiger partial charge < -0.3 is 14.8 Å². The van der Waals surface area contributed by atoms with E-state index in [4.69, 9.17) is 9.47 Å². The lowest BCUT2D eigenvalue weighted by Crippen LogP contribution is -2.41. The van der Waals surface area contributed by atoms with Crippen LogP contribution in [-0.4, -0.2) is 38.5 Å². The first-order valence-corrected chi connectivity index (χ1v) is 7.08. The van der Waals surface area contributed by atoms with Crippen molar-refractivity contribution in [2.75, 3.05) is 26.4 Å². The summed E-state index contributed by atoms with van der Waals surface area (Å²) in [4.78, 5) is 0. The summed E-state index contributed by atoms with van der Waals surface area (Å²) in [6, 6.07) is 0.683. The summed E-state index contributed by atoms with van der Waals surface area (Å²) in [5, 5.41) is 3.66. The zero-order chi connectivity index (χ0) is 12.1. The molecule has 3 nitrogen and oxygen atoms in total. The van der Waals surface area contributed by atoms with E-state index in [1.165, 1.54) is 32.1 Å². The fraction of sp³-hybridized carbons (Fsp3) is 1.00. The number of hydrogen-bond donors (Lipinski definition) is 1. The van der Waals surface area contributed by atoms with Crippen molar-refractivity contribution in [2.45, 2.75) is 58.1 Å². The van der Waals surface area contributed by atoms with E-state index in [9.17, 15) is 0 Å². The molecule has 1 N–H and O–H groups in total. The molecule has 2 unspecified atom stereocenters. The SMILES string of the molecule is CC1(C)CCCC(NCC2COCCO2)CC1. The van der Waals surface area contributed by atoms with Crippen LogP contribution in [-0.2, 0) is 9.47 Å². The van der Waals surface area contributed by atoms with Crippen molar-refractivity contribution in [1.82, 2.24) is 5.32 Å². The van der Waals surface area contributed by atoms with Gasteiger partial charge in [0.05, 0.1) is 25.9 Å². The van der Waals surface area contributed by atoms with Crippen LogP contribution in [0.5, 0.6) is 0 Å². The first kappa shape index (κ1) is 13.3. The summed E-state index contributed by atoms with van der Waals surface area (Å²) < 4.78 is 11.1. The third-order valence-corrected chi connectivity index (χ3v) is 4.09. The highest BCUT2D eigenvalue weighted by Crippen LogP contribution is 2.33. The van der Waals surface area contributed by atoms with Crippen LogP contribution in [0.2, 0.25) is 0 Å². The molecule has 1 aliphatic heterocycles. The molecule has 3 heteroatoms. The Bertz CT molecular complexity index is 224. The highest BCUT2D eigenvalue weighted by Gasteiger charge is 2.24. The van der Waals surface area contributed by atoms with Gasteiger partial charge in [0.1, 0.15) is 0 Å². The zero-order valence-electron chi connectivity index (χ0n) is 11.3. The Morgan fingerprint density at radius 2 is 2.06 bits per heavy atom. The lowest BCUT2D eigenvalue weighted by Gasteiger charge is -2.26. The summed E-state index contributed by atoms with van der Waals surface area (Å²) in [5.41, 5.74) is 0.543. The average Bonchev–Trinajstić information content (AvgIpc) is 2.49. The number of rotatable bonds is 3. The van der Waals surface area contributed by atoms with E-state index in [1.54, 1.807) is 0 Å². The molecule has 100 valence electrons. The van der Waals surface area contributed by atoms with Crippen LogP contribution in [0.1, 0.15) is 46.0 Å². The lowest BCUT2D eigenvalue weighted by molar-refractivity contribution is -0.0871. The Morgan fingerprint density at radius 1 is 1.18 bits per heavy atom. The smallest absolute Gasteiger partial charge is 0.0933 e. The predicted octanol–water partition coefficient (Wildman–Crippen LogP) is 2.35. The van der Waals surface area contributed by atoms with Gasteiger partial charge in [-0.25, -0.2) is 0 Å². The Balaban J connectivity index is 1.68. The Labute approximate surface area is 105 Å². The molecule has 2 rings (SSSR count). The Hall–Kier alpha value is -0.120. The molecular weight excluding hydrogens is 214 g/mol. The minimum absolute atomic E-state index is 0.264. The van der Waals surface area contributed by atoms with Crippen molar-refractivity contribution >= 4 is 0 Å².